The number of hydrogen-bond donors (Lipinski definition) is 1. The van der Waals surface area contributed by atoms with E-state index in [4.69, 9.17) is 16.3 Å². The second-order valence-electron chi connectivity index (χ2n) is 6.06. The second-order valence-corrected chi connectivity index (χ2v) is 7.49. The Morgan fingerprint density at radius 2 is 1.97 bits per heavy atom. The lowest BCUT2D eigenvalue weighted by molar-refractivity contribution is -0.384. The molecule has 9 nitrogen and oxygen atoms in total. The SMILES string of the molecule is CCOC(=O)c1c(NC(=O)c2ccc([N+](=O)[O-])c(Cl)c2)sc(C(=O)N(C)C)c1C. The molecular weight excluding hydrogens is 422 g/mol. The summed E-state index contributed by atoms with van der Waals surface area (Å²) in [6, 6.07) is 3.52. The molecule has 0 radical (unpaired) electrons. The summed E-state index contributed by atoms with van der Waals surface area (Å²) in [4.78, 5) is 49.3. The third-order valence-electron chi connectivity index (χ3n) is 3.86. The van der Waals surface area contributed by atoms with Crippen LogP contribution in [0.1, 0.15) is 42.9 Å². The number of benzene rings is 1. The lowest BCUT2D eigenvalue weighted by Crippen LogP contribution is -2.21. The molecule has 154 valence electrons. The molecule has 0 bridgehead atoms. The molecule has 29 heavy (non-hydrogen) atoms. The van der Waals surface area contributed by atoms with E-state index in [1.54, 1.807) is 27.9 Å². The van der Waals surface area contributed by atoms with Crippen LogP contribution >= 0.6 is 22.9 Å². The van der Waals surface area contributed by atoms with Gasteiger partial charge in [-0.05, 0) is 31.5 Å². The summed E-state index contributed by atoms with van der Waals surface area (Å²) in [5, 5.41) is 13.4. The maximum Gasteiger partial charge on any atom is 0.341 e. The van der Waals surface area contributed by atoms with E-state index in [1.165, 1.54) is 11.0 Å². The molecule has 1 aromatic heterocycles. The van der Waals surface area contributed by atoms with Gasteiger partial charge in [0.25, 0.3) is 17.5 Å². The average Bonchev–Trinajstić information content (AvgIpc) is 2.96. The van der Waals surface area contributed by atoms with Gasteiger partial charge in [0, 0.05) is 25.7 Å². The minimum absolute atomic E-state index is 0.0574. The van der Waals surface area contributed by atoms with E-state index in [-0.39, 0.29) is 44.2 Å². The summed E-state index contributed by atoms with van der Waals surface area (Å²) >= 11 is 6.80. The smallest absolute Gasteiger partial charge is 0.341 e. The first kappa shape index (κ1) is 22.3. The summed E-state index contributed by atoms with van der Waals surface area (Å²) in [6.07, 6.45) is 0. The number of esters is 1. The van der Waals surface area contributed by atoms with E-state index in [2.05, 4.69) is 5.32 Å². The normalized spacial score (nSPS) is 10.4. The Kier molecular flexibility index (Phi) is 6.93. The average molecular weight is 440 g/mol. The molecule has 0 aliphatic carbocycles. The Morgan fingerprint density at radius 1 is 1.31 bits per heavy atom. The Labute approximate surface area is 175 Å². The number of ether oxygens (including phenoxy) is 1. The van der Waals surface area contributed by atoms with Crippen molar-refractivity contribution in [3.05, 3.63) is 54.9 Å². The van der Waals surface area contributed by atoms with Crippen molar-refractivity contribution in [3.63, 3.8) is 0 Å². The number of carbonyl (C=O) groups excluding carboxylic acids is 3. The van der Waals surface area contributed by atoms with Crippen molar-refractivity contribution in [1.29, 1.82) is 0 Å². The largest absolute Gasteiger partial charge is 0.462 e. The number of nitro groups is 1. The molecule has 2 rings (SSSR count). The van der Waals surface area contributed by atoms with Gasteiger partial charge in [0.15, 0.2) is 0 Å². The number of rotatable bonds is 6. The first-order valence-corrected chi connectivity index (χ1v) is 9.55. The van der Waals surface area contributed by atoms with Crippen LogP contribution in [0.15, 0.2) is 18.2 Å². The van der Waals surface area contributed by atoms with Crippen molar-refractivity contribution in [2.75, 3.05) is 26.0 Å². The first-order chi connectivity index (χ1) is 13.6. The van der Waals surface area contributed by atoms with Gasteiger partial charge in [0.2, 0.25) is 0 Å². The van der Waals surface area contributed by atoms with Crippen LogP contribution in [0.2, 0.25) is 5.02 Å². The summed E-state index contributed by atoms with van der Waals surface area (Å²) in [7, 11) is 3.14. The molecule has 0 atom stereocenters. The van der Waals surface area contributed by atoms with Crippen LogP contribution in [0.5, 0.6) is 0 Å². The highest BCUT2D eigenvalue weighted by Crippen LogP contribution is 2.35. The number of thiophene rings is 1. The monoisotopic (exact) mass is 439 g/mol. The quantitative estimate of drug-likeness (QED) is 0.416. The van der Waals surface area contributed by atoms with Gasteiger partial charge in [-0.2, -0.15) is 0 Å². The highest BCUT2D eigenvalue weighted by Gasteiger charge is 2.27. The number of amides is 2. The molecule has 11 heteroatoms. The molecule has 2 aromatic rings. The van der Waals surface area contributed by atoms with Crippen LogP contribution in [0.4, 0.5) is 10.7 Å². The highest BCUT2D eigenvalue weighted by molar-refractivity contribution is 7.18. The number of nitrogens with one attached hydrogen (secondary N) is 1. The fourth-order valence-corrected chi connectivity index (χ4v) is 3.89. The van der Waals surface area contributed by atoms with E-state index >= 15 is 0 Å². The molecule has 0 spiro atoms. The molecule has 0 aliphatic heterocycles. The van der Waals surface area contributed by atoms with Gasteiger partial charge in [-0.1, -0.05) is 11.6 Å². The van der Waals surface area contributed by atoms with Crippen LogP contribution in [0.25, 0.3) is 0 Å². The number of carbonyl (C=O) groups is 3. The summed E-state index contributed by atoms with van der Waals surface area (Å²) in [6.45, 7) is 3.36. The topological polar surface area (TPSA) is 119 Å². The van der Waals surface area contributed by atoms with Crippen molar-refractivity contribution in [2.24, 2.45) is 0 Å². The minimum Gasteiger partial charge on any atom is -0.462 e. The second kappa shape index (κ2) is 9.01. The van der Waals surface area contributed by atoms with Gasteiger partial charge in [-0.3, -0.25) is 19.7 Å². The Morgan fingerprint density at radius 3 is 2.48 bits per heavy atom. The molecule has 2 amide bonds. The highest BCUT2D eigenvalue weighted by atomic mass is 35.5. The number of hydrogen-bond acceptors (Lipinski definition) is 7. The van der Waals surface area contributed by atoms with Gasteiger partial charge < -0.3 is 15.0 Å². The van der Waals surface area contributed by atoms with Gasteiger partial charge in [0.1, 0.15) is 10.0 Å². The van der Waals surface area contributed by atoms with Crippen LogP contribution in [-0.4, -0.2) is 48.3 Å². The zero-order valence-electron chi connectivity index (χ0n) is 16.1. The maximum atomic E-state index is 12.6. The van der Waals surface area contributed by atoms with Crippen molar-refractivity contribution in [3.8, 4) is 0 Å². The van der Waals surface area contributed by atoms with Crippen molar-refractivity contribution in [1.82, 2.24) is 4.90 Å². The standard InChI is InChI=1S/C18H18ClN3O6S/c1-5-28-18(25)13-9(2)14(17(24)21(3)4)29-16(13)20-15(23)10-6-7-12(22(26)27)11(19)8-10/h6-8H,5H2,1-4H3,(H,20,23). The third kappa shape index (κ3) is 4.72. The summed E-state index contributed by atoms with van der Waals surface area (Å²) in [5.41, 5.74) is 0.204. The summed E-state index contributed by atoms with van der Waals surface area (Å²) < 4.78 is 5.05. The lowest BCUT2D eigenvalue weighted by Gasteiger charge is -2.09. The molecule has 0 fully saturated rings. The number of nitro benzene ring substituents is 1. The molecule has 0 saturated carbocycles. The van der Waals surface area contributed by atoms with Crippen LogP contribution in [0.3, 0.4) is 0 Å². The summed E-state index contributed by atoms with van der Waals surface area (Å²) in [5.74, 6) is -1.63. The molecule has 0 saturated heterocycles. The van der Waals surface area contributed by atoms with Crippen LogP contribution in [-0.2, 0) is 4.74 Å². The Balaban J connectivity index is 2.45. The Bertz CT molecular complexity index is 1000. The molecule has 1 aromatic carbocycles. The van der Waals surface area contributed by atoms with E-state index in [0.717, 1.165) is 23.5 Å². The van der Waals surface area contributed by atoms with Crippen molar-refractivity contribution in [2.45, 2.75) is 13.8 Å². The molecule has 1 N–H and O–H groups in total. The molecular formula is C18H18ClN3O6S. The zero-order chi connectivity index (χ0) is 21.9. The molecule has 0 unspecified atom stereocenters. The zero-order valence-corrected chi connectivity index (χ0v) is 17.6. The fraction of sp³-hybridized carbons (Fsp3) is 0.278. The first-order valence-electron chi connectivity index (χ1n) is 8.35. The molecule has 0 aliphatic rings. The van der Waals surface area contributed by atoms with Crippen LogP contribution in [0, 0.1) is 17.0 Å². The maximum absolute atomic E-state index is 12.6. The fourth-order valence-electron chi connectivity index (χ4n) is 2.43. The van der Waals surface area contributed by atoms with E-state index in [9.17, 15) is 24.5 Å². The van der Waals surface area contributed by atoms with E-state index in [0.29, 0.717) is 5.56 Å². The minimum atomic E-state index is -0.670. The molecule has 1 heterocycles. The predicted octanol–water partition coefficient (Wildman–Crippen LogP) is 3.75. The lowest BCUT2D eigenvalue weighted by atomic mass is 10.1. The van der Waals surface area contributed by atoms with Gasteiger partial charge in [0.05, 0.1) is 22.0 Å². The van der Waals surface area contributed by atoms with Gasteiger partial charge >= 0.3 is 5.97 Å². The number of anilines is 1. The third-order valence-corrected chi connectivity index (χ3v) is 5.36. The van der Waals surface area contributed by atoms with E-state index in [1.807, 2.05) is 0 Å². The van der Waals surface area contributed by atoms with Crippen LogP contribution < -0.4 is 5.32 Å². The van der Waals surface area contributed by atoms with E-state index < -0.39 is 16.8 Å². The van der Waals surface area contributed by atoms with Crippen molar-refractivity contribution < 1.29 is 24.0 Å². The van der Waals surface area contributed by atoms with Gasteiger partial charge in [-0.15, -0.1) is 11.3 Å². The predicted molar refractivity (Wildman–Crippen MR) is 109 cm³/mol. The number of nitrogens with zero attached hydrogens (tertiary/aromatic N) is 2. The number of halogens is 1. The van der Waals surface area contributed by atoms with Gasteiger partial charge in [-0.25, -0.2) is 4.79 Å². The Hall–Kier alpha value is -2.98. The van der Waals surface area contributed by atoms with Crippen molar-refractivity contribution >= 4 is 51.4 Å².